The van der Waals surface area contributed by atoms with Crippen LogP contribution in [0.25, 0.3) is 22.5 Å². The van der Waals surface area contributed by atoms with Gasteiger partial charge in [-0.15, -0.1) is 0 Å². The van der Waals surface area contributed by atoms with Crippen LogP contribution in [0.4, 0.5) is 0 Å². The van der Waals surface area contributed by atoms with E-state index >= 15 is 0 Å². The van der Waals surface area contributed by atoms with Crippen molar-refractivity contribution in [1.82, 2.24) is 14.5 Å². The van der Waals surface area contributed by atoms with Crippen LogP contribution in [-0.2, 0) is 6.54 Å². The predicted octanol–water partition coefficient (Wildman–Crippen LogP) is 4.35. The van der Waals surface area contributed by atoms with Crippen molar-refractivity contribution in [1.29, 1.82) is 0 Å². The monoisotopic (exact) mass is 341 g/mol. The van der Waals surface area contributed by atoms with Crippen LogP contribution < -0.4 is 0 Å². The van der Waals surface area contributed by atoms with Gasteiger partial charge < -0.3 is 9.67 Å². The average molecular weight is 341 g/mol. The third-order valence-corrected chi connectivity index (χ3v) is 4.39. The van der Waals surface area contributed by atoms with Gasteiger partial charge in [0.05, 0.1) is 30.4 Å². The molecule has 0 bridgehead atoms. The minimum Gasteiger partial charge on any atom is -0.387 e. The summed E-state index contributed by atoms with van der Waals surface area (Å²) in [6.45, 7) is 0.432. The fourth-order valence-corrected chi connectivity index (χ4v) is 3.11. The van der Waals surface area contributed by atoms with Gasteiger partial charge >= 0.3 is 0 Å². The summed E-state index contributed by atoms with van der Waals surface area (Å²) >= 11 is 0. The summed E-state index contributed by atoms with van der Waals surface area (Å²) in [5.41, 5.74) is 4.85. The summed E-state index contributed by atoms with van der Waals surface area (Å²) in [6.07, 6.45) is 4.74. The second-order valence-corrected chi connectivity index (χ2v) is 6.12. The maximum absolute atomic E-state index is 10.7. The first kappa shape index (κ1) is 16.2. The number of aromatic nitrogens is 3. The normalized spacial score (nSPS) is 12.0. The number of hydrogen-bond acceptors (Lipinski definition) is 3. The van der Waals surface area contributed by atoms with Gasteiger partial charge in [-0.1, -0.05) is 60.7 Å². The summed E-state index contributed by atoms with van der Waals surface area (Å²) in [5, 5.41) is 10.7. The molecular formula is C22H19N3O. The van der Waals surface area contributed by atoms with Gasteiger partial charge in [0.1, 0.15) is 0 Å². The molecule has 2 heterocycles. The van der Waals surface area contributed by atoms with Gasteiger partial charge in [-0.2, -0.15) is 0 Å². The van der Waals surface area contributed by atoms with E-state index in [1.165, 1.54) is 0 Å². The zero-order valence-corrected chi connectivity index (χ0v) is 14.2. The van der Waals surface area contributed by atoms with Crippen LogP contribution in [0, 0.1) is 0 Å². The second kappa shape index (κ2) is 7.33. The van der Waals surface area contributed by atoms with E-state index in [1.807, 2.05) is 77.4 Å². The van der Waals surface area contributed by atoms with Crippen LogP contribution in [0.2, 0.25) is 0 Å². The first-order chi connectivity index (χ1) is 12.8. The van der Waals surface area contributed by atoms with Crippen LogP contribution in [0.15, 0.2) is 91.5 Å². The molecule has 1 atom stereocenters. The predicted molar refractivity (Wildman–Crippen MR) is 102 cm³/mol. The van der Waals surface area contributed by atoms with E-state index in [4.69, 9.17) is 0 Å². The van der Waals surface area contributed by atoms with Crippen molar-refractivity contribution in [2.24, 2.45) is 0 Å². The molecule has 4 aromatic rings. The Labute approximate surface area is 152 Å². The Balaban J connectivity index is 1.77. The lowest BCUT2D eigenvalue weighted by Gasteiger charge is -2.15. The summed E-state index contributed by atoms with van der Waals surface area (Å²) in [7, 11) is 0. The van der Waals surface area contributed by atoms with Crippen LogP contribution in [0.1, 0.15) is 11.7 Å². The maximum Gasteiger partial charge on any atom is 0.0969 e. The van der Waals surface area contributed by atoms with Crippen molar-refractivity contribution in [3.63, 3.8) is 0 Å². The number of aliphatic hydroxyl groups excluding tert-OH is 1. The highest BCUT2D eigenvalue weighted by Crippen LogP contribution is 2.32. The molecule has 0 aliphatic heterocycles. The molecular weight excluding hydrogens is 322 g/mol. The van der Waals surface area contributed by atoms with Gasteiger partial charge in [0.25, 0.3) is 0 Å². The van der Waals surface area contributed by atoms with E-state index in [9.17, 15) is 5.11 Å². The van der Waals surface area contributed by atoms with Crippen molar-refractivity contribution in [2.45, 2.75) is 12.6 Å². The maximum atomic E-state index is 10.7. The molecule has 0 amide bonds. The molecule has 4 heteroatoms. The zero-order valence-electron chi connectivity index (χ0n) is 14.2. The standard InChI is InChI=1S/C22H19N3O/c26-20(17-7-3-1-4-8-17)15-25-16-24-21(18-9-5-2-6-10-18)22(25)19-11-13-23-14-12-19/h1-14,16,20,26H,15H2/t20-/m1/s1. The number of pyridine rings is 1. The average Bonchev–Trinajstić information content (AvgIpc) is 3.13. The van der Waals surface area contributed by atoms with Crippen molar-refractivity contribution in [3.05, 3.63) is 97.1 Å². The highest BCUT2D eigenvalue weighted by molar-refractivity contribution is 5.78. The highest BCUT2D eigenvalue weighted by atomic mass is 16.3. The van der Waals surface area contributed by atoms with Crippen LogP contribution in [0.3, 0.4) is 0 Å². The van der Waals surface area contributed by atoms with Crippen molar-refractivity contribution in [2.75, 3.05) is 0 Å². The minimum absolute atomic E-state index is 0.432. The van der Waals surface area contributed by atoms with Crippen LogP contribution in [0.5, 0.6) is 0 Å². The van der Waals surface area contributed by atoms with Crippen molar-refractivity contribution < 1.29 is 5.11 Å². The molecule has 1 N–H and O–H groups in total. The van der Waals surface area contributed by atoms with Crippen LogP contribution >= 0.6 is 0 Å². The fraction of sp³-hybridized carbons (Fsp3) is 0.0909. The number of benzene rings is 2. The van der Waals surface area contributed by atoms with Gasteiger partial charge in [0, 0.05) is 23.5 Å². The fourth-order valence-electron chi connectivity index (χ4n) is 3.11. The number of imidazole rings is 1. The topological polar surface area (TPSA) is 50.9 Å². The SMILES string of the molecule is O[C@H](Cn1cnc(-c2ccccc2)c1-c1ccncc1)c1ccccc1. The number of nitrogens with zero attached hydrogens (tertiary/aromatic N) is 3. The Morgan fingerprint density at radius 1 is 0.808 bits per heavy atom. The smallest absolute Gasteiger partial charge is 0.0969 e. The summed E-state index contributed by atoms with van der Waals surface area (Å²) in [5.74, 6) is 0. The first-order valence-corrected chi connectivity index (χ1v) is 8.57. The van der Waals surface area contributed by atoms with E-state index in [-0.39, 0.29) is 0 Å². The molecule has 4 nitrogen and oxygen atoms in total. The van der Waals surface area contributed by atoms with E-state index in [0.717, 1.165) is 28.1 Å². The Bertz CT molecular complexity index is 966. The van der Waals surface area contributed by atoms with Crippen molar-refractivity contribution in [3.8, 4) is 22.5 Å². The Morgan fingerprint density at radius 3 is 2.15 bits per heavy atom. The molecule has 0 fully saturated rings. The third kappa shape index (κ3) is 3.27. The number of rotatable bonds is 5. The van der Waals surface area contributed by atoms with E-state index in [0.29, 0.717) is 6.54 Å². The zero-order chi connectivity index (χ0) is 17.8. The van der Waals surface area contributed by atoms with E-state index in [1.54, 1.807) is 18.7 Å². The highest BCUT2D eigenvalue weighted by Gasteiger charge is 2.17. The van der Waals surface area contributed by atoms with E-state index < -0.39 is 6.10 Å². The summed E-state index contributed by atoms with van der Waals surface area (Å²) in [6, 6.07) is 23.7. The molecule has 0 radical (unpaired) electrons. The molecule has 0 unspecified atom stereocenters. The molecule has 0 saturated heterocycles. The Hall–Kier alpha value is -3.24. The van der Waals surface area contributed by atoms with Gasteiger partial charge in [0.15, 0.2) is 0 Å². The first-order valence-electron chi connectivity index (χ1n) is 8.57. The molecule has 0 saturated carbocycles. The van der Waals surface area contributed by atoms with Gasteiger partial charge in [-0.3, -0.25) is 4.98 Å². The Kier molecular flexibility index (Phi) is 4.58. The molecule has 0 aliphatic carbocycles. The molecule has 2 aromatic heterocycles. The van der Waals surface area contributed by atoms with Gasteiger partial charge in [-0.25, -0.2) is 4.98 Å². The molecule has 26 heavy (non-hydrogen) atoms. The molecule has 0 spiro atoms. The van der Waals surface area contributed by atoms with Gasteiger partial charge in [-0.05, 0) is 17.7 Å². The summed E-state index contributed by atoms with van der Waals surface area (Å²) in [4.78, 5) is 8.76. The minimum atomic E-state index is -0.602. The molecule has 2 aromatic carbocycles. The second-order valence-electron chi connectivity index (χ2n) is 6.12. The Morgan fingerprint density at radius 2 is 1.46 bits per heavy atom. The molecule has 128 valence electrons. The van der Waals surface area contributed by atoms with E-state index in [2.05, 4.69) is 9.97 Å². The largest absolute Gasteiger partial charge is 0.387 e. The van der Waals surface area contributed by atoms with Crippen LogP contribution in [-0.4, -0.2) is 19.6 Å². The third-order valence-electron chi connectivity index (χ3n) is 4.39. The van der Waals surface area contributed by atoms with Gasteiger partial charge in [0.2, 0.25) is 0 Å². The summed E-state index contributed by atoms with van der Waals surface area (Å²) < 4.78 is 2.01. The molecule has 4 rings (SSSR count). The number of aliphatic hydroxyl groups is 1. The number of hydrogen-bond donors (Lipinski definition) is 1. The quantitative estimate of drug-likeness (QED) is 0.587. The lowest BCUT2D eigenvalue weighted by Crippen LogP contribution is -2.09. The van der Waals surface area contributed by atoms with Crippen molar-refractivity contribution >= 4 is 0 Å². The lowest BCUT2D eigenvalue weighted by atomic mass is 10.0. The molecule has 0 aliphatic rings. The lowest BCUT2D eigenvalue weighted by molar-refractivity contribution is 0.157.